The fraction of sp³-hybridized carbons (Fsp3) is 0.875. The predicted molar refractivity (Wildman–Crippen MR) is 205 cm³/mol. The molecule has 0 saturated carbocycles. The van der Waals surface area contributed by atoms with Crippen LogP contribution in [-0.4, -0.2) is 50.5 Å². The van der Waals surface area contributed by atoms with E-state index in [1.807, 2.05) is 0 Å². The summed E-state index contributed by atoms with van der Waals surface area (Å²) >= 11 is -2.27. The normalized spacial score (nSPS) is 27.6. The Morgan fingerprint density at radius 3 is 2.13 bits per heavy atom. The second kappa shape index (κ2) is 18.8. The molecule has 2 aliphatic heterocycles. The van der Waals surface area contributed by atoms with E-state index in [2.05, 4.69) is 111 Å². The summed E-state index contributed by atoms with van der Waals surface area (Å²) in [5.41, 5.74) is 0.467. The van der Waals surface area contributed by atoms with Crippen molar-refractivity contribution < 1.29 is 14.0 Å². The Balaban J connectivity index is 2.30. The standard InChI is InChI=1S/C28H50NO3Si.3C4H9.Sn/c1-12-14-15-19(3)25(32-33(10,11)27(7,8)9)18-24-20(4)16-21(5)28(31-24)22(6)17-23(13-2)26(30)29-28;3*1-3-4-2;/h1,12,16,19-20,22-25H,13-15,17-18H2,2-11H3,(H,29,30);3*1,3-4H2,2H3;/t19-,20+,22-,23-,24-,25-,28-;;;;/m0..../s1. The number of nitrogens with one attached hydrogen (secondary N) is 1. The van der Waals surface area contributed by atoms with Crippen molar-refractivity contribution in [2.45, 2.75) is 196 Å². The molecule has 1 amide bonds. The Kier molecular flexibility index (Phi) is 17.1. The van der Waals surface area contributed by atoms with Crippen LogP contribution >= 0.6 is 0 Å². The first-order valence-corrected chi connectivity index (χ1v) is 30.2. The molecule has 0 unspecified atom stereocenters. The summed E-state index contributed by atoms with van der Waals surface area (Å²) in [6, 6.07) is 0. The molecule has 268 valence electrons. The Morgan fingerprint density at radius 1 is 1.07 bits per heavy atom. The van der Waals surface area contributed by atoms with Gasteiger partial charge in [0.2, 0.25) is 0 Å². The number of unbranched alkanes of at least 4 members (excludes halogenated alkanes) is 3. The number of hydrogen-bond donors (Lipinski definition) is 1. The monoisotopic (exact) mass is 767 g/mol. The summed E-state index contributed by atoms with van der Waals surface area (Å²) in [7, 11) is -2.01. The second-order valence-corrected chi connectivity index (χ2v) is 34.9. The molecule has 1 fully saturated rings. The average molecular weight is 767 g/mol. The molecule has 0 aromatic carbocycles. The number of carbonyl (C=O) groups is 1. The number of rotatable bonds is 19. The van der Waals surface area contributed by atoms with Crippen molar-refractivity contribution in [1.82, 2.24) is 5.32 Å². The van der Waals surface area contributed by atoms with E-state index in [1.165, 1.54) is 51.8 Å². The van der Waals surface area contributed by atoms with Gasteiger partial charge >= 0.3 is 269 Å². The van der Waals surface area contributed by atoms with Crippen LogP contribution in [0.1, 0.15) is 147 Å². The van der Waals surface area contributed by atoms with E-state index in [4.69, 9.17) is 9.16 Å². The second-order valence-electron chi connectivity index (χ2n) is 17.1. The molecule has 7 atom stereocenters. The van der Waals surface area contributed by atoms with Crippen LogP contribution in [0.2, 0.25) is 31.4 Å². The first kappa shape index (κ1) is 42.1. The minimum atomic E-state index is -2.27. The summed E-state index contributed by atoms with van der Waals surface area (Å²) in [5, 5.41) is 3.54. The van der Waals surface area contributed by atoms with E-state index in [0.29, 0.717) is 5.92 Å². The Hall–Kier alpha value is -0.114. The van der Waals surface area contributed by atoms with Crippen LogP contribution in [0.25, 0.3) is 0 Å². The molecule has 4 nitrogen and oxygen atoms in total. The van der Waals surface area contributed by atoms with Crippen molar-refractivity contribution in [3.05, 3.63) is 21.8 Å². The quantitative estimate of drug-likeness (QED) is 0.105. The van der Waals surface area contributed by atoms with Crippen LogP contribution in [0.5, 0.6) is 0 Å². The number of hydrogen-bond acceptors (Lipinski definition) is 3. The fourth-order valence-corrected chi connectivity index (χ4v) is 23.7. The van der Waals surface area contributed by atoms with E-state index in [0.717, 1.165) is 37.7 Å². The maximum atomic E-state index is 13.2. The molecule has 1 N–H and O–H groups in total. The van der Waals surface area contributed by atoms with Crippen molar-refractivity contribution in [2.24, 2.45) is 23.7 Å². The topological polar surface area (TPSA) is 47.6 Å². The molecular formula is C40H77NO3SiSn. The van der Waals surface area contributed by atoms with Crippen LogP contribution < -0.4 is 5.32 Å². The van der Waals surface area contributed by atoms with E-state index in [9.17, 15) is 4.79 Å². The molecule has 2 heterocycles. The van der Waals surface area contributed by atoms with Crippen LogP contribution in [0.4, 0.5) is 0 Å². The fourth-order valence-electron chi connectivity index (χ4n) is 7.69. The Bertz CT molecular complexity index is 966. The van der Waals surface area contributed by atoms with Gasteiger partial charge in [0.15, 0.2) is 0 Å². The third kappa shape index (κ3) is 11.2. The zero-order chi connectivity index (χ0) is 34.8. The van der Waals surface area contributed by atoms with Crippen LogP contribution in [0, 0.1) is 23.7 Å². The van der Waals surface area contributed by atoms with Gasteiger partial charge in [-0.15, -0.1) is 0 Å². The molecule has 46 heavy (non-hydrogen) atoms. The van der Waals surface area contributed by atoms with Crippen LogP contribution in [0.15, 0.2) is 21.8 Å². The van der Waals surface area contributed by atoms with Gasteiger partial charge in [-0.2, -0.15) is 0 Å². The molecule has 2 rings (SSSR count). The number of piperidine rings is 1. The summed E-state index contributed by atoms with van der Waals surface area (Å²) < 4.78 is 21.9. The first-order chi connectivity index (χ1) is 21.5. The first-order valence-electron chi connectivity index (χ1n) is 19.6. The maximum absolute atomic E-state index is 13.2. The van der Waals surface area contributed by atoms with E-state index in [1.54, 1.807) is 0 Å². The van der Waals surface area contributed by atoms with Gasteiger partial charge in [0, 0.05) is 5.92 Å². The van der Waals surface area contributed by atoms with Gasteiger partial charge in [0.05, 0.1) is 0 Å². The number of ether oxygens (including phenoxy) is 1. The zero-order valence-electron chi connectivity index (χ0n) is 32.8. The average Bonchev–Trinajstić information content (AvgIpc) is 2.98. The van der Waals surface area contributed by atoms with Gasteiger partial charge in [-0.3, -0.25) is 4.79 Å². The molecule has 6 heteroatoms. The van der Waals surface area contributed by atoms with Gasteiger partial charge in [0.25, 0.3) is 0 Å². The van der Waals surface area contributed by atoms with Gasteiger partial charge in [0.1, 0.15) is 0 Å². The number of amides is 1. The van der Waals surface area contributed by atoms with Gasteiger partial charge < -0.3 is 0 Å². The summed E-state index contributed by atoms with van der Waals surface area (Å²) in [5.74, 6) is 1.18. The van der Waals surface area contributed by atoms with Crippen molar-refractivity contribution in [2.75, 3.05) is 0 Å². The van der Waals surface area contributed by atoms with E-state index < -0.39 is 32.4 Å². The molecule has 1 spiro atoms. The van der Waals surface area contributed by atoms with E-state index >= 15 is 0 Å². The number of allylic oxidation sites excluding steroid dienone is 1. The van der Waals surface area contributed by atoms with Gasteiger partial charge in [-0.05, 0) is 6.42 Å². The van der Waals surface area contributed by atoms with E-state index in [-0.39, 0.29) is 40.9 Å². The summed E-state index contributed by atoms with van der Waals surface area (Å²) in [6.45, 7) is 30.2. The molecule has 1 saturated heterocycles. The summed E-state index contributed by atoms with van der Waals surface area (Å²) in [6.07, 6.45) is 18.3. The molecule has 0 radical (unpaired) electrons. The molecule has 0 aromatic heterocycles. The van der Waals surface area contributed by atoms with Crippen LogP contribution in [0.3, 0.4) is 0 Å². The molecule has 0 aliphatic carbocycles. The SMILES string of the molecule is CCC[CH2][Sn](/[CH]=C/CC[C@H](C)[C@H](C[C@@H]1O[C@@]2(NC(=O)[C@@H](CC)C[C@@H]2C)C(C)=C[C@H]1C)O[Si](C)(C)C(C)(C)C)([CH2]CCC)[CH2]CCC. The zero-order valence-corrected chi connectivity index (χ0v) is 36.7. The van der Waals surface area contributed by atoms with Crippen molar-refractivity contribution in [3.63, 3.8) is 0 Å². The number of carbonyl (C=O) groups excluding carboxylic acids is 1. The molecule has 0 aromatic rings. The van der Waals surface area contributed by atoms with Gasteiger partial charge in [-0.1, -0.05) is 6.92 Å². The Morgan fingerprint density at radius 2 is 1.63 bits per heavy atom. The molecular weight excluding hydrogens is 689 g/mol. The summed E-state index contributed by atoms with van der Waals surface area (Å²) in [4.78, 5) is 13.2. The van der Waals surface area contributed by atoms with Crippen LogP contribution in [-0.2, 0) is 14.0 Å². The molecule has 0 bridgehead atoms. The molecule has 2 aliphatic rings. The predicted octanol–water partition coefficient (Wildman–Crippen LogP) is 12.0. The third-order valence-electron chi connectivity index (χ3n) is 12.2. The van der Waals surface area contributed by atoms with Crippen molar-refractivity contribution >= 4 is 32.6 Å². The van der Waals surface area contributed by atoms with Crippen molar-refractivity contribution in [3.8, 4) is 0 Å². The third-order valence-corrected chi connectivity index (χ3v) is 31.0. The van der Waals surface area contributed by atoms with Gasteiger partial charge in [-0.25, -0.2) is 0 Å². The Labute approximate surface area is 292 Å². The minimum absolute atomic E-state index is 0.0124. The van der Waals surface area contributed by atoms with Crippen molar-refractivity contribution in [1.29, 1.82) is 0 Å².